The Hall–Kier alpha value is -2.64. The van der Waals surface area contributed by atoms with Crippen LogP contribution in [-0.4, -0.2) is 15.7 Å². The standard InChI is InChI=1S/C18H13F2N3OS/c19-17(20)13-5-10(7-21)1-3-12(13)14-8-23-15-4-2-11(9-24)6-16(15)25-18(23)22-14/h1-6,8-9,17H,7,21H2. The molecule has 126 valence electrons. The van der Waals surface area contributed by atoms with Crippen molar-refractivity contribution in [2.75, 3.05) is 0 Å². The Kier molecular flexibility index (Phi) is 3.82. The molecule has 0 amide bonds. The minimum absolute atomic E-state index is 0.0683. The number of imidazole rings is 1. The lowest BCUT2D eigenvalue weighted by Crippen LogP contribution is -1.99. The van der Waals surface area contributed by atoms with E-state index >= 15 is 0 Å². The molecule has 0 saturated carbocycles. The van der Waals surface area contributed by atoms with Gasteiger partial charge in [0.15, 0.2) is 4.96 Å². The summed E-state index contributed by atoms with van der Waals surface area (Å²) < 4.78 is 29.7. The van der Waals surface area contributed by atoms with Crippen molar-refractivity contribution in [3.05, 3.63) is 59.3 Å². The van der Waals surface area contributed by atoms with E-state index in [1.165, 1.54) is 17.4 Å². The topological polar surface area (TPSA) is 60.4 Å². The van der Waals surface area contributed by atoms with Gasteiger partial charge >= 0.3 is 0 Å². The summed E-state index contributed by atoms with van der Waals surface area (Å²) in [6, 6.07) is 10.2. The van der Waals surface area contributed by atoms with Gasteiger partial charge < -0.3 is 5.73 Å². The number of rotatable bonds is 4. The molecule has 4 nitrogen and oxygen atoms in total. The molecular formula is C18H13F2N3OS. The molecule has 0 atom stereocenters. The van der Waals surface area contributed by atoms with Crippen molar-refractivity contribution in [3.8, 4) is 11.3 Å². The van der Waals surface area contributed by atoms with Crippen LogP contribution in [0.15, 0.2) is 42.6 Å². The molecule has 0 aliphatic rings. The van der Waals surface area contributed by atoms with Crippen LogP contribution in [0.25, 0.3) is 26.4 Å². The number of aromatic nitrogens is 2. The Morgan fingerprint density at radius 3 is 2.80 bits per heavy atom. The first-order valence-electron chi connectivity index (χ1n) is 7.59. The van der Waals surface area contributed by atoms with Crippen LogP contribution in [0.1, 0.15) is 27.9 Å². The molecule has 0 radical (unpaired) electrons. The highest BCUT2D eigenvalue weighted by molar-refractivity contribution is 7.23. The lowest BCUT2D eigenvalue weighted by Gasteiger charge is -2.08. The van der Waals surface area contributed by atoms with Crippen LogP contribution in [-0.2, 0) is 6.54 Å². The number of hydrogen-bond donors (Lipinski definition) is 1. The maximum atomic E-state index is 13.4. The highest BCUT2D eigenvalue weighted by Crippen LogP contribution is 2.34. The number of carbonyl (C=O) groups is 1. The third-order valence-electron chi connectivity index (χ3n) is 4.12. The average molecular weight is 357 g/mol. The number of nitrogens with zero attached hydrogens (tertiary/aromatic N) is 2. The lowest BCUT2D eigenvalue weighted by atomic mass is 10.0. The Morgan fingerprint density at radius 2 is 2.08 bits per heavy atom. The second kappa shape index (κ2) is 6.02. The van der Waals surface area contributed by atoms with E-state index in [1.807, 2.05) is 10.5 Å². The Labute approximate surface area is 145 Å². The molecule has 4 rings (SSSR count). The zero-order valence-electron chi connectivity index (χ0n) is 12.9. The first kappa shape index (κ1) is 15.9. The van der Waals surface area contributed by atoms with Crippen molar-refractivity contribution in [3.63, 3.8) is 0 Å². The zero-order valence-corrected chi connectivity index (χ0v) is 13.8. The molecule has 2 aromatic heterocycles. The molecule has 0 saturated heterocycles. The molecular weight excluding hydrogens is 344 g/mol. The molecule has 2 heterocycles. The van der Waals surface area contributed by atoms with Gasteiger partial charge in [-0.25, -0.2) is 13.8 Å². The first-order chi connectivity index (χ1) is 12.1. The number of halogens is 2. The SMILES string of the molecule is NCc1ccc(-c2cn3c(n2)sc2cc(C=O)ccc23)c(C(F)F)c1. The fraction of sp³-hybridized carbons (Fsp3) is 0.111. The van der Waals surface area contributed by atoms with Gasteiger partial charge in [0, 0.05) is 29.4 Å². The van der Waals surface area contributed by atoms with Crippen molar-refractivity contribution < 1.29 is 13.6 Å². The molecule has 0 spiro atoms. The van der Waals surface area contributed by atoms with Crippen LogP contribution in [0.2, 0.25) is 0 Å². The predicted octanol–water partition coefficient (Wildman–Crippen LogP) is 4.42. The highest BCUT2D eigenvalue weighted by atomic mass is 32.1. The van der Waals surface area contributed by atoms with Crippen molar-refractivity contribution in [1.29, 1.82) is 0 Å². The summed E-state index contributed by atoms with van der Waals surface area (Å²) >= 11 is 1.41. The van der Waals surface area contributed by atoms with Gasteiger partial charge in [0.2, 0.25) is 0 Å². The zero-order chi connectivity index (χ0) is 17.6. The first-order valence-corrected chi connectivity index (χ1v) is 8.40. The van der Waals surface area contributed by atoms with Gasteiger partial charge in [0.1, 0.15) is 6.29 Å². The van der Waals surface area contributed by atoms with E-state index in [4.69, 9.17) is 5.73 Å². The van der Waals surface area contributed by atoms with Gasteiger partial charge in [-0.3, -0.25) is 9.20 Å². The number of carbonyl (C=O) groups excluding carboxylic acids is 1. The van der Waals surface area contributed by atoms with E-state index in [-0.39, 0.29) is 12.1 Å². The maximum Gasteiger partial charge on any atom is 0.264 e. The average Bonchev–Trinajstić information content (AvgIpc) is 3.18. The smallest absolute Gasteiger partial charge is 0.264 e. The summed E-state index contributed by atoms with van der Waals surface area (Å²) in [5, 5.41) is 0. The van der Waals surface area contributed by atoms with Gasteiger partial charge in [-0.15, -0.1) is 0 Å². The number of fused-ring (bicyclic) bond motifs is 3. The minimum Gasteiger partial charge on any atom is -0.326 e. The number of benzene rings is 2. The summed E-state index contributed by atoms with van der Waals surface area (Å²) in [4.78, 5) is 16.1. The van der Waals surface area contributed by atoms with Crippen LogP contribution in [0, 0.1) is 0 Å². The molecule has 0 fully saturated rings. The molecule has 25 heavy (non-hydrogen) atoms. The normalized spacial score (nSPS) is 11.7. The van der Waals surface area contributed by atoms with Crippen LogP contribution < -0.4 is 5.73 Å². The Balaban J connectivity index is 1.89. The second-order valence-electron chi connectivity index (χ2n) is 5.65. The Bertz CT molecular complexity index is 1100. The number of nitrogens with two attached hydrogens (primary N) is 1. The monoisotopic (exact) mass is 357 g/mol. The third kappa shape index (κ3) is 2.61. The van der Waals surface area contributed by atoms with E-state index in [1.54, 1.807) is 30.5 Å². The van der Waals surface area contributed by atoms with Gasteiger partial charge in [-0.05, 0) is 29.8 Å². The largest absolute Gasteiger partial charge is 0.326 e. The maximum absolute atomic E-state index is 13.4. The molecule has 7 heteroatoms. The van der Waals surface area contributed by atoms with Crippen LogP contribution in [0.4, 0.5) is 8.78 Å². The van der Waals surface area contributed by atoms with Crippen molar-refractivity contribution in [2.24, 2.45) is 5.73 Å². The van der Waals surface area contributed by atoms with Gasteiger partial charge in [-0.1, -0.05) is 23.5 Å². The summed E-state index contributed by atoms with van der Waals surface area (Å²) in [6.07, 6.45) is -0.0626. The Morgan fingerprint density at radius 1 is 1.24 bits per heavy atom. The number of thiazole rings is 1. The fourth-order valence-electron chi connectivity index (χ4n) is 2.87. The van der Waals surface area contributed by atoms with Crippen LogP contribution >= 0.6 is 11.3 Å². The summed E-state index contributed by atoms with van der Waals surface area (Å²) in [6.45, 7) is 0.210. The van der Waals surface area contributed by atoms with E-state index in [0.717, 1.165) is 16.5 Å². The third-order valence-corrected chi connectivity index (χ3v) is 5.13. The molecule has 0 bridgehead atoms. The second-order valence-corrected chi connectivity index (χ2v) is 6.66. The number of hydrogen-bond acceptors (Lipinski definition) is 4. The summed E-state index contributed by atoms with van der Waals surface area (Å²) in [5.74, 6) is 0. The molecule has 4 aromatic rings. The molecule has 0 aliphatic heterocycles. The minimum atomic E-state index is -2.60. The highest BCUT2D eigenvalue weighted by Gasteiger charge is 2.18. The molecule has 2 aromatic carbocycles. The van der Waals surface area contributed by atoms with Gasteiger partial charge in [0.25, 0.3) is 6.43 Å². The van der Waals surface area contributed by atoms with Crippen LogP contribution in [0.5, 0.6) is 0 Å². The van der Waals surface area contributed by atoms with E-state index < -0.39 is 6.43 Å². The lowest BCUT2D eigenvalue weighted by molar-refractivity contribution is 0.112. The number of alkyl halides is 2. The predicted molar refractivity (Wildman–Crippen MR) is 94.2 cm³/mol. The van der Waals surface area contributed by atoms with E-state index in [9.17, 15) is 13.6 Å². The summed E-state index contributed by atoms with van der Waals surface area (Å²) in [7, 11) is 0. The van der Waals surface area contributed by atoms with E-state index in [2.05, 4.69) is 4.98 Å². The molecule has 2 N–H and O–H groups in total. The summed E-state index contributed by atoms with van der Waals surface area (Å²) in [5.41, 5.74) is 8.52. The fourth-order valence-corrected chi connectivity index (χ4v) is 3.93. The quantitative estimate of drug-likeness (QED) is 0.550. The van der Waals surface area contributed by atoms with Gasteiger partial charge in [-0.2, -0.15) is 0 Å². The van der Waals surface area contributed by atoms with Crippen molar-refractivity contribution in [1.82, 2.24) is 9.38 Å². The molecule has 0 aliphatic carbocycles. The van der Waals surface area contributed by atoms with Crippen molar-refractivity contribution >= 4 is 32.8 Å². The number of aldehydes is 1. The van der Waals surface area contributed by atoms with E-state index in [0.29, 0.717) is 27.3 Å². The van der Waals surface area contributed by atoms with Gasteiger partial charge in [0.05, 0.1) is 15.9 Å². The molecule has 0 unspecified atom stereocenters. The van der Waals surface area contributed by atoms with Crippen LogP contribution in [0.3, 0.4) is 0 Å². The van der Waals surface area contributed by atoms with Crippen molar-refractivity contribution in [2.45, 2.75) is 13.0 Å².